The Bertz CT molecular complexity index is 602. The van der Waals surface area contributed by atoms with E-state index < -0.39 is 41.3 Å². The van der Waals surface area contributed by atoms with Crippen LogP contribution in [0.15, 0.2) is 17.3 Å². The summed E-state index contributed by atoms with van der Waals surface area (Å²) in [4.78, 5) is 4.61. The molecule has 0 aliphatic rings. The molecule has 0 atom stereocenters. The first kappa shape index (κ1) is 23.1. The second-order valence-corrected chi connectivity index (χ2v) is 6.27. The Morgan fingerprint density at radius 1 is 0.741 bits per heavy atom. The van der Waals surface area contributed by atoms with Crippen molar-refractivity contribution < 1.29 is 26.8 Å². The second kappa shape index (κ2) is 13.3. The van der Waals surface area contributed by atoms with Crippen molar-refractivity contribution in [2.24, 2.45) is 5.16 Å². The van der Waals surface area contributed by atoms with Gasteiger partial charge in [-0.25, -0.2) is 22.0 Å². The molecule has 1 aromatic carbocycles. The summed E-state index contributed by atoms with van der Waals surface area (Å²) in [5, 5.41) is 3.42. The van der Waals surface area contributed by atoms with Gasteiger partial charge in [-0.05, 0) is 18.9 Å². The predicted octanol–water partition coefficient (Wildman–Crippen LogP) is 6.97. The Labute approximate surface area is 157 Å². The number of allylic oxidation sites excluding steroid dienone is 2. The lowest BCUT2D eigenvalue weighted by atomic mass is 10.1. The zero-order valence-electron chi connectivity index (χ0n) is 15.5. The maximum atomic E-state index is 13.4. The molecule has 0 heterocycles. The summed E-state index contributed by atoms with van der Waals surface area (Å²) >= 11 is 0. The lowest BCUT2D eigenvalue weighted by Gasteiger charge is -2.06. The van der Waals surface area contributed by atoms with Crippen LogP contribution in [-0.4, -0.2) is 6.21 Å². The van der Waals surface area contributed by atoms with Crippen LogP contribution < -0.4 is 0 Å². The van der Waals surface area contributed by atoms with Crippen LogP contribution in [0.3, 0.4) is 0 Å². The van der Waals surface area contributed by atoms with E-state index in [9.17, 15) is 22.0 Å². The van der Waals surface area contributed by atoms with E-state index in [1.807, 2.05) is 6.08 Å². The molecular weight excluding hydrogens is 365 g/mol. The standard InChI is InChI=1S/C20H26F5NO/c1-2-3-4-5-6-7-8-9-10-11-12-13-26-27-14-15-16(21)18(23)20(25)19(24)17(15)22/h11-13H,2-10,14H2,1H3/b12-11+,26-13+. The van der Waals surface area contributed by atoms with Crippen molar-refractivity contribution in [3.8, 4) is 0 Å². The van der Waals surface area contributed by atoms with Gasteiger partial charge in [-0.15, -0.1) is 0 Å². The first-order valence-corrected chi connectivity index (χ1v) is 9.31. The molecule has 0 aromatic heterocycles. The third-order valence-corrected chi connectivity index (χ3v) is 4.09. The average Bonchev–Trinajstić information content (AvgIpc) is 2.67. The van der Waals surface area contributed by atoms with Crippen LogP contribution >= 0.6 is 0 Å². The van der Waals surface area contributed by atoms with E-state index in [1.54, 1.807) is 6.08 Å². The number of hydrogen-bond donors (Lipinski definition) is 0. The van der Waals surface area contributed by atoms with Crippen LogP contribution in [-0.2, 0) is 11.4 Å². The van der Waals surface area contributed by atoms with Crippen molar-refractivity contribution in [2.75, 3.05) is 0 Å². The highest BCUT2D eigenvalue weighted by atomic mass is 19.2. The molecule has 0 aliphatic heterocycles. The highest BCUT2D eigenvalue weighted by Crippen LogP contribution is 2.23. The van der Waals surface area contributed by atoms with Gasteiger partial charge in [-0.1, -0.05) is 63.1 Å². The topological polar surface area (TPSA) is 21.6 Å². The largest absolute Gasteiger partial charge is 0.391 e. The fraction of sp³-hybridized carbons (Fsp3) is 0.550. The number of benzene rings is 1. The number of oxime groups is 1. The summed E-state index contributed by atoms with van der Waals surface area (Å²) in [6.45, 7) is 1.34. The minimum Gasteiger partial charge on any atom is -0.391 e. The zero-order valence-corrected chi connectivity index (χ0v) is 15.5. The fourth-order valence-corrected chi connectivity index (χ4v) is 2.51. The molecule has 0 bridgehead atoms. The van der Waals surface area contributed by atoms with Gasteiger partial charge in [0.2, 0.25) is 5.82 Å². The van der Waals surface area contributed by atoms with E-state index in [4.69, 9.17) is 0 Å². The predicted molar refractivity (Wildman–Crippen MR) is 95.9 cm³/mol. The minimum absolute atomic E-state index is 0.853. The van der Waals surface area contributed by atoms with Crippen LogP contribution in [0.4, 0.5) is 22.0 Å². The van der Waals surface area contributed by atoms with Crippen LogP contribution in [0.25, 0.3) is 0 Å². The third-order valence-electron chi connectivity index (χ3n) is 4.09. The highest BCUT2D eigenvalue weighted by molar-refractivity contribution is 5.70. The van der Waals surface area contributed by atoms with Gasteiger partial charge in [0.15, 0.2) is 23.3 Å². The smallest absolute Gasteiger partial charge is 0.200 e. The minimum atomic E-state index is -2.19. The number of hydrogen-bond acceptors (Lipinski definition) is 2. The van der Waals surface area contributed by atoms with E-state index in [1.165, 1.54) is 44.7 Å². The van der Waals surface area contributed by atoms with Crippen LogP contribution in [0.1, 0.15) is 70.3 Å². The molecule has 0 aliphatic carbocycles. The van der Waals surface area contributed by atoms with Crippen molar-refractivity contribution in [1.82, 2.24) is 0 Å². The van der Waals surface area contributed by atoms with Crippen molar-refractivity contribution in [2.45, 2.75) is 71.3 Å². The summed E-state index contributed by atoms with van der Waals surface area (Å²) in [7, 11) is 0. The molecule has 152 valence electrons. The Kier molecular flexibility index (Phi) is 11.4. The van der Waals surface area contributed by atoms with Crippen molar-refractivity contribution in [3.05, 3.63) is 46.8 Å². The molecule has 0 N–H and O–H groups in total. The van der Waals surface area contributed by atoms with Gasteiger partial charge in [-0.2, -0.15) is 0 Å². The van der Waals surface area contributed by atoms with Gasteiger partial charge >= 0.3 is 0 Å². The molecule has 7 heteroatoms. The lowest BCUT2D eigenvalue weighted by Crippen LogP contribution is -2.07. The van der Waals surface area contributed by atoms with E-state index in [0.717, 1.165) is 19.3 Å². The van der Waals surface area contributed by atoms with Gasteiger partial charge in [0.1, 0.15) is 6.61 Å². The highest BCUT2D eigenvalue weighted by Gasteiger charge is 2.25. The van der Waals surface area contributed by atoms with Crippen molar-refractivity contribution in [3.63, 3.8) is 0 Å². The molecule has 0 radical (unpaired) electrons. The van der Waals surface area contributed by atoms with Crippen LogP contribution in [0.5, 0.6) is 0 Å². The number of nitrogens with zero attached hydrogens (tertiary/aromatic N) is 1. The number of rotatable bonds is 13. The van der Waals surface area contributed by atoms with Crippen LogP contribution in [0.2, 0.25) is 0 Å². The molecular formula is C20H26F5NO. The molecule has 1 aromatic rings. The Morgan fingerprint density at radius 3 is 1.85 bits per heavy atom. The van der Waals surface area contributed by atoms with Crippen molar-refractivity contribution >= 4 is 6.21 Å². The summed E-state index contributed by atoms with van der Waals surface area (Å²) in [6, 6.07) is 0. The molecule has 0 saturated carbocycles. The number of unbranched alkanes of at least 4 members (excludes halogenated alkanes) is 8. The van der Waals surface area contributed by atoms with Gasteiger partial charge in [-0.3, -0.25) is 0 Å². The normalized spacial score (nSPS) is 11.8. The molecule has 0 saturated heterocycles. The van der Waals surface area contributed by atoms with Gasteiger partial charge in [0.05, 0.1) is 11.8 Å². The van der Waals surface area contributed by atoms with Gasteiger partial charge in [0.25, 0.3) is 0 Å². The van der Waals surface area contributed by atoms with E-state index in [2.05, 4.69) is 16.9 Å². The molecule has 0 unspecified atom stereocenters. The fourth-order valence-electron chi connectivity index (χ4n) is 2.51. The number of halogens is 5. The Morgan fingerprint density at radius 2 is 1.26 bits per heavy atom. The average molecular weight is 391 g/mol. The van der Waals surface area contributed by atoms with E-state index >= 15 is 0 Å². The molecule has 0 spiro atoms. The SMILES string of the molecule is CCCCCCCCCC/C=C/C=N/OCc1c(F)c(F)c(F)c(F)c1F. The first-order chi connectivity index (χ1) is 13.0. The molecule has 2 nitrogen and oxygen atoms in total. The molecule has 0 fully saturated rings. The first-order valence-electron chi connectivity index (χ1n) is 9.31. The summed E-state index contributed by atoms with van der Waals surface area (Å²) in [5.74, 6) is -10.0. The maximum absolute atomic E-state index is 13.4. The molecule has 1 rings (SSSR count). The second-order valence-electron chi connectivity index (χ2n) is 6.27. The summed E-state index contributed by atoms with van der Waals surface area (Å²) in [5.41, 5.74) is -1.05. The monoisotopic (exact) mass is 391 g/mol. The van der Waals surface area contributed by atoms with Gasteiger partial charge in [0, 0.05) is 0 Å². The Hall–Kier alpha value is -1.92. The Balaban J connectivity index is 2.22. The zero-order chi connectivity index (χ0) is 20.1. The van der Waals surface area contributed by atoms with Crippen LogP contribution in [0, 0.1) is 29.1 Å². The van der Waals surface area contributed by atoms with E-state index in [-0.39, 0.29) is 0 Å². The van der Waals surface area contributed by atoms with Crippen molar-refractivity contribution in [1.29, 1.82) is 0 Å². The molecule has 27 heavy (non-hydrogen) atoms. The summed E-state index contributed by atoms with van der Waals surface area (Å²) < 4.78 is 65.7. The lowest BCUT2D eigenvalue weighted by molar-refractivity contribution is 0.124. The third kappa shape index (κ3) is 8.10. The van der Waals surface area contributed by atoms with Gasteiger partial charge < -0.3 is 4.84 Å². The molecule has 0 amide bonds. The quantitative estimate of drug-likeness (QED) is 0.0888. The van der Waals surface area contributed by atoms with E-state index in [0.29, 0.717) is 0 Å². The summed E-state index contributed by atoms with van der Waals surface area (Å²) in [6.07, 6.45) is 15.5. The maximum Gasteiger partial charge on any atom is 0.200 e.